The van der Waals surface area contributed by atoms with Gasteiger partial charge in [-0.25, -0.2) is 4.39 Å². The van der Waals surface area contributed by atoms with Gasteiger partial charge in [0, 0.05) is 18.1 Å². The first-order chi connectivity index (χ1) is 8.68. The maximum Gasteiger partial charge on any atom is 0.132 e. The van der Waals surface area contributed by atoms with Crippen LogP contribution in [0.3, 0.4) is 0 Å². The number of aryl methyl sites for hydroxylation is 1. The van der Waals surface area contributed by atoms with Crippen molar-refractivity contribution < 1.29 is 4.39 Å². The van der Waals surface area contributed by atoms with Crippen molar-refractivity contribution in [1.29, 1.82) is 0 Å². The van der Waals surface area contributed by atoms with Crippen molar-refractivity contribution >= 4 is 10.9 Å². The van der Waals surface area contributed by atoms with Crippen LogP contribution in [0.5, 0.6) is 0 Å². The molecule has 18 heavy (non-hydrogen) atoms. The summed E-state index contributed by atoms with van der Waals surface area (Å²) in [5, 5.41) is 4.13. The predicted molar refractivity (Wildman–Crippen MR) is 74.2 cm³/mol. The molecule has 1 N–H and O–H groups in total. The summed E-state index contributed by atoms with van der Waals surface area (Å²) in [6.07, 6.45) is 3.03. The third-order valence-electron chi connectivity index (χ3n) is 3.07. The lowest BCUT2D eigenvalue weighted by atomic mass is 10.2. The van der Waals surface area contributed by atoms with Crippen molar-refractivity contribution in [2.45, 2.75) is 26.8 Å². The number of hydrogen-bond donors (Lipinski definition) is 1. The predicted octanol–water partition coefficient (Wildman–Crippen LogP) is 3.42. The third-order valence-corrected chi connectivity index (χ3v) is 3.07. The topological polar surface area (TPSA) is 17.0 Å². The van der Waals surface area contributed by atoms with Gasteiger partial charge >= 0.3 is 0 Å². The quantitative estimate of drug-likeness (QED) is 0.775. The molecule has 0 aliphatic rings. The summed E-state index contributed by atoms with van der Waals surface area (Å²) in [4.78, 5) is 0. The van der Waals surface area contributed by atoms with Gasteiger partial charge in [-0.15, -0.1) is 0 Å². The van der Waals surface area contributed by atoms with E-state index in [1.54, 1.807) is 6.07 Å². The van der Waals surface area contributed by atoms with Crippen LogP contribution in [0, 0.1) is 11.7 Å². The van der Waals surface area contributed by atoms with Gasteiger partial charge in [0.2, 0.25) is 0 Å². The van der Waals surface area contributed by atoms with Gasteiger partial charge in [0.15, 0.2) is 0 Å². The summed E-state index contributed by atoms with van der Waals surface area (Å²) in [5.74, 6) is 0.552. The molecule has 2 rings (SSSR count). The van der Waals surface area contributed by atoms with E-state index in [0.717, 1.165) is 31.6 Å². The summed E-state index contributed by atoms with van der Waals surface area (Å²) in [6.45, 7) is 7.40. The lowest BCUT2D eigenvalue weighted by molar-refractivity contribution is 0.525. The smallest absolute Gasteiger partial charge is 0.132 e. The lowest BCUT2D eigenvalue weighted by Crippen LogP contribution is -2.21. The average Bonchev–Trinajstić information content (AvgIpc) is 2.73. The maximum absolute atomic E-state index is 13.5. The average molecular weight is 248 g/mol. The SMILES string of the molecule is CC(C)CNCCCn1ccc2c(F)cccc21. The Morgan fingerprint density at radius 3 is 2.89 bits per heavy atom. The monoisotopic (exact) mass is 248 g/mol. The summed E-state index contributed by atoms with van der Waals surface area (Å²) < 4.78 is 15.6. The number of halogens is 1. The molecule has 0 bridgehead atoms. The summed E-state index contributed by atoms with van der Waals surface area (Å²) in [5.41, 5.74) is 0.985. The van der Waals surface area contributed by atoms with Gasteiger partial charge in [-0.2, -0.15) is 0 Å². The molecule has 98 valence electrons. The molecule has 2 nitrogen and oxygen atoms in total. The highest BCUT2D eigenvalue weighted by Crippen LogP contribution is 2.18. The van der Waals surface area contributed by atoms with E-state index >= 15 is 0 Å². The highest BCUT2D eigenvalue weighted by atomic mass is 19.1. The van der Waals surface area contributed by atoms with Crippen LogP contribution < -0.4 is 5.32 Å². The molecule has 0 radical (unpaired) electrons. The van der Waals surface area contributed by atoms with Gasteiger partial charge in [-0.1, -0.05) is 19.9 Å². The second kappa shape index (κ2) is 6.01. The van der Waals surface area contributed by atoms with Gasteiger partial charge in [0.1, 0.15) is 5.82 Å². The molecule has 0 amide bonds. The standard InChI is InChI=1S/C15H21FN2/c1-12(2)11-17-8-4-9-18-10-7-13-14(16)5-3-6-15(13)18/h3,5-7,10,12,17H,4,8-9,11H2,1-2H3. The van der Waals surface area contributed by atoms with Crippen LogP contribution in [0.15, 0.2) is 30.5 Å². The van der Waals surface area contributed by atoms with Crippen molar-refractivity contribution in [3.05, 3.63) is 36.3 Å². The molecule has 0 spiro atoms. The van der Waals surface area contributed by atoms with Gasteiger partial charge in [-0.3, -0.25) is 0 Å². The first-order valence-corrected chi connectivity index (χ1v) is 6.62. The Morgan fingerprint density at radius 2 is 2.11 bits per heavy atom. The van der Waals surface area contributed by atoms with E-state index in [1.165, 1.54) is 6.07 Å². The molecule has 0 atom stereocenters. The Labute approximate surface area is 108 Å². The van der Waals surface area contributed by atoms with E-state index in [-0.39, 0.29) is 5.82 Å². The summed E-state index contributed by atoms with van der Waals surface area (Å²) >= 11 is 0. The Bertz CT molecular complexity index is 502. The van der Waals surface area contributed by atoms with E-state index in [4.69, 9.17) is 0 Å². The van der Waals surface area contributed by atoms with Crippen LogP contribution >= 0.6 is 0 Å². The van der Waals surface area contributed by atoms with E-state index in [2.05, 4.69) is 23.7 Å². The fourth-order valence-electron chi connectivity index (χ4n) is 2.15. The lowest BCUT2D eigenvalue weighted by Gasteiger charge is -2.08. The zero-order valence-corrected chi connectivity index (χ0v) is 11.1. The minimum absolute atomic E-state index is 0.135. The van der Waals surface area contributed by atoms with Crippen molar-refractivity contribution in [3.8, 4) is 0 Å². The number of rotatable bonds is 6. The molecule has 0 aliphatic carbocycles. The third kappa shape index (κ3) is 3.10. The second-order valence-corrected chi connectivity index (χ2v) is 5.13. The molecular formula is C15H21FN2. The van der Waals surface area contributed by atoms with Gasteiger partial charge in [0.05, 0.1) is 5.52 Å². The molecule has 0 saturated carbocycles. The van der Waals surface area contributed by atoms with Gasteiger partial charge in [-0.05, 0) is 43.6 Å². The van der Waals surface area contributed by atoms with Gasteiger partial charge < -0.3 is 9.88 Å². The molecule has 0 unspecified atom stereocenters. The van der Waals surface area contributed by atoms with E-state index in [0.29, 0.717) is 11.3 Å². The largest absolute Gasteiger partial charge is 0.347 e. The maximum atomic E-state index is 13.5. The van der Waals surface area contributed by atoms with Crippen LogP contribution in [0.25, 0.3) is 10.9 Å². The van der Waals surface area contributed by atoms with Crippen molar-refractivity contribution in [2.75, 3.05) is 13.1 Å². The van der Waals surface area contributed by atoms with Gasteiger partial charge in [0.25, 0.3) is 0 Å². The zero-order valence-electron chi connectivity index (χ0n) is 11.1. The fraction of sp³-hybridized carbons (Fsp3) is 0.467. The number of hydrogen-bond acceptors (Lipinski definition) is 1. The molecule has 0 saturated heterocycles. The molecule has 1 aromatic carbocycles. The number of benzene rings is 1. The molecule has 0 aliphatic heterocycles. The Hall–Kier alpha value is -1.35. The number of aromatic nitrogens is 1. The van der Waals surface area contributed by atoms with Crippen LogP contribution in [-0.2, 0) is 6.54 Å². The highest BCUT2D eigenvalue weighted by Gasteiger charge is 2.04. The number of fused-ring (bicyclic) bond motifs is 1. The zero-order chi connectivity index (χ0) is 13.0. The molecule has 1 aromatic heterocycles. The highest BCUT2D eigenvalue weighted by molar-refractivity contribution is 5.80. The Kier molecular flexibility index (Phi) is 4.37. The second-order valence-electron chi connectivity index (χ2n) is 5.13. The van der Waals surface area contributed by atoms with Crippen LogP contribution in [0.1, 0.15) is 20.3 Å². The Morgan fingerprint density at radius 1 is 1.28 bits per heavy atom. The molecular weight excluding hydrogens is 227 g/mol. The van der Waals surface area contributed by atoms with Crippen LogP contribution in [0.2, 0.25) is 0 Å². The molecule has 2 aromatic rings. The minimum Gasteiger partial charge on any atom is -0.347 e. The Balaban J connectivity index is 1.90. The molecule has 0 fully saturated rings. The number of nitrogens with one attached hydrogen (secondary N) is 1. The van der Waals surface area contributed by atoms with Crippen molar-refractivity contribution in [1.82, 2.24) is 9.88 Å². The molecule has 3 heteroatoms. The normalized spacial score (nSPS) is 11.6. The van der Waals surface area contributed by atoms with Crippen LogP contribution in [0.4, 0.5) is 4.39 Å². The van der Waals surface area contributed by atoms with Crippen molar-refractivity contribution in [3.63, 3.8) is 0 Å². The van der Waals surface area contributed by atoms with E-state index in [1.807, 2.05) is 18.3 Å². The first-order valence-electron chi connectivity index (χ1n) is 6.62. The minimum atomic E-state index is -0.135. The van der Waals surface area contributed by atoms with Crippen molar-refractivity contribution in [2.24, 2.45) is 5.92 Å². The summed E-state index contributed by atoms with van der Waals surface area (Å²) in [7, 11) is 0. The van der Waals surface area contributed by atoms with Crippen LogP contribution in [-0.4, -0.2) is 17.7 Å². The first kappa shape index (κ1) is 13.1. The van der Waals surface area contributed by atoms with E-state index in [9.17, 15) is 4.39 Å². The summed E-state index contributed by atoms with van der Waals surface area (Å²) in [6, 6.07) is 7.11. The number of nitrogens with zero attached hydrogens (tertiary/aromatic N) is 1. The van der Waals surface area contributed by atoms with E-state index < -0.39 is 0 Å². The fourth-order valence-corrected chi connectivity index (χ4v) is 2.15. The molecule has 1 heterocycles.